The third-order valence-corrected chi connectivity index (χ3v) is 9.36. The molecule has 0 spiro atoms. The Morgan fingerprint density at radius 3 is 2.27 bits per heavy atom. The summed E-state index contributed by atoms with van der Waals surface area (Å²) in [5, 5.41) is 16.9. The van der Waals surface area contributed by atoms with E-state index in [2.05, 4.69) is 45.6 Å². The van der Waals surface area contributed by atoms with Gasteiger partial charge >= 0.3 is 0 Å². The molecule has 0 radical (unpaired) electrons. The molecule has 0 unspecified atom stereocenters. The van der Waals surface area contributed by atoms with E-state index in [1.807, 2.05) is 6.26 Å². The summed E-state index contributed by atoms with van der Waals surface area (Å²) in [5.74, 6) is 1.13. The summed E-state index contributed by atoms with van der Waals surface area (Å²) < 4.78 is 23.6. The van der Waals surface area contributed by atoms with Crippen molar-refractivity contribution >= 4 is 17.7 Å². The Labute approximate surface area is 281 Å². The predicted octanol–water partition coefficient (Wildman–Crippen LogP) is 3.99. The first-order valence-electron chi connectivity index (χ1n) is 15.5. The van der Waals surface area contributed by atoms with E-state index in [9.17, 15) is 9.59 Å². The number of hydrogen-bond acceptors (Lipinski definition) is 13. The Balaban J connectivity index is 1.08. The minimum atomic E-state index is -0.713. The zero-order valence-corrected chi connectivity index (χ0v) is 27.2. The molecule has 0 saturated heterocycles. The summed E-state index contributed by atoms with van der Waals surface area (Å²) in [6.07, 6.45) is 13.2. The van der Waals surface area contributed by atoms with Crippen molar-refractivity contribution in [1.82, 2.24) is 49.6 Å². The highest BCUT2D eigenvalue weighted by atomic mass is 32.2. The van der Waals surface area contributed by atoms with Gasteiger partial charge in [0.05, 0.1) is 17.9 Å². The van der Waals surface area contributed by atoms with E-state index < -0.39 is 11.4 Å². The summed E-state index contributed by atoms with van der Waals surface area (Å²) in [4.78, 5) is 47.9. The average molecular weight is 678 g/mol. The van der Waals surface area contributed by atoms with Crippen LogP contribution in [0.2, 0.25) is 0 Å². The Hall–Kier alpha value is -5.64. The SMILES string of the molecule is CSc1ncc(-c2nn(Cc3cc(C)no3)c(=O)cc2-c2ncc(Cn3nc(-c4cnc(NC56CC(C5)C6)nc4)ccc3=O)cc2F)cn1. The molecule has 9 rings (SSSR count). The monoisotopic (exact) mass is 677 g/mol. The van der Waals surface area contributed by atoms with Crippen LogP contribution >= 0.6 is 11.8 Å². The molecule has 14 nitrogen and oxygen atoms in total. The van der Waals surface area contributed by atoms with Gasteiger partial charge in [-0.2, -0.15) is 10.2 Å². The van der Waals surface area contributed by atoms with Crippen LogP contribution < -0.4 is 16.4 Å². The zero-order valence-electron chi connectivity index (χ0n) is 26.4. The molecule has 2 bridgehead atoms. The molecule has 1 N–H and O–H groups in total. The first-order chi connectivity index (χ1) is 23.7. The smallest absolute Gasteiger partial charge is 0.267 e. The molecule has 0 aliphatic heterocycles. The Bertz CT molecular complexity index is 2310. The van der Waals surface area contributed by atoms with Crippen LogP contribution in [0, 0.1) is 18.7 Å². The fourth-order valence-corrected chi connectivity index (χ4v) is 6.54. The molecule has 3 aliphatic carbocycles. The van der Waals surface area contributed by atoms with E-state index in [1.54, 1.807) is 43.8 Å². The fourth-order valence-electron chi connectivity index (χ4n) is 6.22. The summed E-state index contributed by atoms with van der Waals surface area (Å²) >= 11 is 1.37. The van der Waals surface area contributed by atoms with Gasteiger partial charge < -0.3 is 9.84 Å². The van der Waals surface area contributed by atoms with Gasteiger partial charge in [-0.25, -0.2) is 33.7 Å². The van der Waals surface area contributed by atoms with Crippen LogP contribution in [0.5, 0.6) is 0 Å². The van der Waals surface area contributed by atoms with Crippen molar-refractivity contribution in [2.24, 2.45) is 5.92 Å². The summed E-state index contributed by atoms with van der Waals surface area (Å²) in [7, 11) is 0. The second kappa shape index (κ2) is 12.1. The molecule has 49 heavy (non-hydrogen) atoms. The van der Waals surface area contributed by atoms with Crippen molar-refractivity contribution in [3.8, 4) is 33.8 Å². The largest absolute Gasteiger partial charge is 0.359 e. The van der Waals surface area contributed by atoms with Gasteiger partial charge in [-0.05, 0) is 56.1 Å². The molecule has 246 valence electrons. The van der Waals surface area contributed by atoms with Crippen molar-refractivity contribution in [3.05, 3.63) is 105 Å². The standard InChI is InChI=1S/C33H28FN11O3S/c1-18-5-23(48-43-18)17-45-28(47)7-24(29(42-45)22-14-38-32(49-2)39-15-22)30-25(34)6-19(11-35-30)16-44-27(46)4-3-26(41-44)21-12-36-31(37-13-21)40-33-8-20(9-33)10-33/h3-7,11-15,20H,8-10,16-17H2,1-2H3,(H,36,37,40). The van der Waals surface area contributed by atoms with Gasteiger partial charge in [-0.1, -0.05) is 16.9 Å². The first-order valence-corrected chi connectivity index (χ1v) is 16.7. The van der Waals surface area contributed by atoms with Gasteiger partial charge in [-0.3, -0.25) is 14.6 Å². The molecule has 3 aliphatic rings. The lowest BCUT2D eigenvalue weighted by Gasteiger charge is -2.61. The normalized spacial score (nSPS) is 17.7. The van der Waals surface area contributed by atoms with E-state index in [0.29, 0.717) is 44.9 Å². The Morgan fingerprint density at radius 1 is 0.878 bits per heavy atom. The number of nitrogens with zero attached hydrogens (tertiary/aromatic N) is 10. The number of aryl methyl sites for hydroxylation is 1. The number of rotatable bonds is 10. The summed E-state index contributed by atoms with van der Waals surface area (Å²) in [5.41, 5.74) is 2.22. The van der Waals surface area contributed by atoms with E-state index in [1.165, 1.54) is 45.5 Å². The highest BCUT2D eigenvalue weighted by molar-refractivity contribution is 7.98. The van der Waals surface area contributed by atoms with E-state index >= 15 is 4.39 Å². The van der Waals surface area contributed by atoms with Crippen molar-refractivity contribution in [3.63, 3.8) is 0 Å². The van der Waals surface area contributed by atoms with Gasteiger partial charge in [0.25, 0.3) is 11.1 Å². The van der Waals surface area contributed by atoms with E-state index in [-0.39, 0.29) is 41.1 Å². The molecule has 6 aromatic heterocycles. The number of pyridine rings is 1. The van der Waals surface area contributed by atoms with Crippen LogP contribution in [0.15, 0.2) is 80.6 Å². The zero-order chi connectivity index (χ0) is 33.7. The van der Waals surface area contributed by atoms with Gasteiger partial charge in [-0.15, -0.1) is 0 Å². The number of anilines is 1. The van der Waals surface area contributed by atoms with Crippen LogP contribution in [0.1, 0.15) is 36.3 Å². The lowest BCUT2D eigenvalue weighted by molar-refractivity contribution is 0.00146. The minimum absolute atomic E-state index is 0.0145. The number of hydrogen-bond donors (Lipinski definition) is 1. The number of thioether (sulfide) groups is 1. The van der Waals surface area contributed by atoms with Crippen molar-refractivity contribution in [2.75, 3.05) is 11.6 Å². The molecule has 16 heteroatoms. The number of halogens is 1. The number of nitrogens with one attached hydrogen (secondary N) is 1. The number of aromatic nitrogens is 10. The molecule has 6 aromatic rings. The quantitative estimate of drug-likeness (QED) is 0.163. The Morgan fingerprint density at radius 2 is 1.61 bits per heavy atom. The highest BCUT2D eigenvalue weighted by Crippen LogP contribution is 2.58. The van der Waals surface area contributed by atoms with E-state index in [4.69, 9.17) is 4.52 Å². The second-order valence-corrected chi connectivity index (χ2v) is 13.1. The highest BCUT2D eigenvalue weighted by Gasteiger charge is 2.57. The van der Waals surface area contributed by atoms with Crippen molar-refractivity contribution < 1.29 is 8.91 Å². The van der Waals surface area contributed by atoms with Crippen LogP contribution in [0.4, 0.5) is 10.3 Å². The van der Waals surface area contributed by atoms with Gasteiger partial charge in [0, 0.05) is 71.4 Å². The van der Waals surface area contributed by atoms with Gasteiger partial charge in [0.1, 0.15) is 23.7 Å². The second-order valence-electron chi connectivity index (χ2n) is 12.4. The molecular weight excluding hydrogens is 650 g/mol. The maximum Gasteiger partial charge on any atom is 0.267 e. The topological polar surface area (TPSA) is 172 Å². The third-order valence-electron chi connectivity index (χ3n) is 8.78. The van der Waals surface area contributed by atoms with Gasteiger partial charge in [0.2, 0.25) is 5.95 Å². The van der Waals surface area contributed by atoms with Crippen molar-refractivity contribution in [2.45, 2.75) is 50.0 Å². The van der Waals surface area contributed by atoms with Crippen LogP contribution in [-0.4, -0.2) is 61.4 Å². The third kappa shape index (κ3) is 5.99. The molecule has 0 aromatic carbocycles. The maximum atomic E-state index is 15.9. The summed E-state index contributed by atoms with van der Waals surface area (Å²) in [6.45, 7) is 1.74. The molecule has 0 atom stereocenters. The summed E-state index contributed by atoms with van der Waals surface area (Å²) in [6, 6.07) is 7.23. The van der Waals surface area contributed by atoms with Crippen LogP contribution in [0.25, 0.3) is 33.8 Å². The molecule has 3 fully saturated rings. The van der Waals surface area contributed by atoms with Crippen LogP contribution in [-0.2, 0) is 13.1 Å². The molecule has 6 heterocycles. The maximum absolute atomic E-state index is 15.9. The molecular formula is C33H28FN11O3S. The minimum Gasteiger partial charge on any atom is -0.359 e. The van der Waals surface area contributed by atoms with Crippen molar-refractivity contribution in [1.29, 1.82) is 0 Å². The predicted molar refractivity (Wildman–Crippen MR) is 177 cm³/mol. The van der Waals surface area contributed by atoms with E-state index in [0.717, 1.165) is 25.2 Å². The lowest BCUT2D eigenvalue weighted by atomic mass is 9.50. The molecule has 0 amide bonds. The fraction of sp³-hybridized carbons (Fsp3) is 0.273. The lowest BCUT2D eigenvalue weighted by Crippen LogP contribution is -2.63. The average Bonchev–Trinajstić information content (AvgIpc) is 3.48. The van der Waals surface area contributed by atoms with Crippen LogP contribution in [0.3, 0.4) is 0 Å². The van der Waals surface area contributed by atoms with Gasteiger partial charge in [0.15, 0.2) is 10.9 Å². The Kier molecular flexibility index (Phi) is 7.58. The molecule has 3 saturated carbocycles. The first kappa shape index (κ1) is 30.7.